The van der Waals surface area contributed by atoms with Gasteiger partial charge in [0.2, 0.25) is 5.91 Å². The summed E-state index contributed by atoms with van der Waals surface area (Å²) < 4.78 is 7.92. The summed E-state index contributed by atoms with van der Waals surface area (Å²) in [6.07, 6.45) is 4.05. The van der Waals surface area contributed by atoms with Gasteiger partial charge in [-0.3, -0.25) is 9.48 Å². The molecule has 1 aliphatic rings. The van der Waals surface area contributed by atoms with Crippen molar-refractivity contribution in [2.75, 3.05) is 5.32 Å². The molecule has 1 N–H and O–H groups in total. The molecule has 5 heteroatoms. The molecule has 0 unspecified atom stereocenters. The lowest BCUT2D eigenvalue weighted by Gasteiger charge is -2.19. The number of carbonyl (C=O) groups excluding carboxylic acids is 1. The van der Waals surface area contributed by atoms with E-state index >= 15 is 0 Å². The fourth-order valence-corrected chi connectivity index (χ4v) is 2.52. The number of nitrogens with one attached hydrogen (secondary N) is 1. The van der Waals surface area contributed by atoms with Crippen molar-refractivity contribution in [3.63, 3.8) is 0 Å². The van der Waals surface area contributed by atoms with E-state index in [2.05, 4.69) is 31.2 Å². The highest BCUT2D eigenvalue weighted by molar-refractivity contribution is 5.95. The average molecular weight is 299 g/mol. The van der Waals surface area contributed by atoms with E-state index in [4.69, 9.17) is 4.74 Å². The van der Waals surface area contributed by atoms with Crippen molar-refractivity contribution in [1.82, 2.24) is 9.78 Å². The topological polar surface area (TPSA) is 56.2 Å². The van der Waals surface area contributed by atoms with Gasteiger partial charge in [-0.1, -0.05) is 12.1 Å². The fourth-order valence-electron chi connectivity index (χ4n) is 2.52. The van der Waals surface area contributed by atoms with Gasteiger partial charge in [0.1, 0.15) is 6.10 Å². The standard InChI is InChI=1S/C17H21N3O2/c1-11-8-15(21)19-14-7-5-6-13(16(14)22-11)12-9-18-20(10-12)17(2,3)4/h5-7,9-11H,8H2,1-4H3,(H,19,21)/t11-/m1/s1. The van der Waals surface area contributed by atoms with E-state index in [1.807, 2.05) is 42.2 Å². The van der Waals surface area contributed by atoms with Gasteiger partial charge in [-0.2, -0.15) is 5.10 Å². The average Bonchev–Trinajstić information content (AvgIpc) is 2.84. The summed E-state index contributed by atoms with van der Waals surface area (Å²) in [7, 11) is 0. The van der Waals surface area contributed by atoms with Crippen LogP contribution in [-0.4, -0.2) is 21.8 Å². The lowest BCUT2D eigenvalue weighted by molar-refractivity contribution is -0.117. The van der Waals surface area contributed by atoms with Gasteiger partial charge in [-0.15, -0.1) is 0 Å². The zero-order valence-corrected chi connectivity index (χ0v) is 13.4. The maximum atomic E-state index is 11.8. The van der Waals surface area contributed by atoms with Gasteiger partial charge in [0.25, 0.3) is 0 Å². The number of carbonyl (C=O) groups is 1. The summed E-state index contributed by atoms with van der Waals surface area (Å²) in [5.41, 5.74) is 2.57. The number of ether oxygens (including phenoxy) is 1. The summed E-state index contributed by atoms with van der Waals surface area (Å²) >= 11 is 0. The molecule has 1 aliphatic heterocycles. The van der Waals surface area contributed by atoms with Crippen LogP contribution in [0.5, 0.6) is 5.75 Å². The summed E-state index contributed by atoms with van der Waals surface area (Å²) in [6.45, 7) is 8.22. The Morgan fingerprint density at radius 3 is 2.82 bits per heavy atom. The second kappa shape index (κ2) is 5.16. The van der Waals surface area contributed by atoms with E-state index in [9.17, 15) is 4.79 Å². The number of anilines is 1. The predicted octanol–water partition coefficient (Wildman–Crippen LogP) is 3.41. The first-order valence-electron chi connectivity index (χ1n) is 7.49. The predicted molar refractivity (Wildman–Crippen MR) is 86.0 cm³/mol. The number of amides is 1. The molecule has 116 valence electrons. The monoisotopic (exact) mass is 299 g/mol. The van der Waals surface area contributed by atoms with Crippen LogP contribution in [0.2, 0.25) is 0 Å². The van der Waals surface area contributed by atoms with Crippen molar-refractivity contribution in [3.8, 4) is 16.9 Å². The van der Waals surface area contributed by atoms with Crippen LogP contribution in [0.3, 0.4) is 0 Å². The molecule has 0 fully saturated rings. The van der Waals surface area contributed by atoms with E-state index in [1.54, 1.807) is 0 Å². The van der Waals surface area contributed by atoms with Crippen LogP contribution in [0.1, 0.15) is 34.1 Å². The Balaban J connectivity index is 2.07. The largest absolute Gasteiger partial charge is 0.487 e. The Morgan fingerprint density at radius 1 is 1.36 bits per heavy atom. The Kier molecular flexibility index (Phi) is 3.43. The minimum Gasteiger partial charge on any atom is -0.487 e. The van der Waals surface area contributed by atoms with Gasteiger partial charge >= 0.3 is 0 Å². The van der Waals surface area contributed by atoms with E-state index in [-0.39, 0.29) is 17.6 Å². The van der Waals surface area contributed by atoms with Crippen LogP contribution < -0.4 is 10.1 Å². The minimum absolute atomic E-state index is 0.0196. The number of rotatable bonds is 1. The van der Waals surface area contributed by atoms with Crippen molar-refractivity contribution in [3.05, 3.63) is 30.6 Å². The molecule has 0 spiro atoms. The molecule has 1 atom stereocenters. The van der Waals surface area contributed by atoms with Crippen molar-refractivity contribution < 1.29 is 9.53 Å². The van der Waals surface area contributed by atoms with Crippen molar-refractivity contribution in [2.45, 2.75) is 45.8 Å². The maximum Gasteiger partial charge on any atom is 0.228 e. The molecule has 22 heavy (non-hydrogen) atoms. The zero-order chi connectivity index (χ0) is 15.9. The highest BCUT2D eigenvalue weighted by atomic mass is 16.5. The zero-order valence-electron chi connectivity index (χ0n) is 13.4. The quantitative estimate of drug-likeness (QED) is 0.878. The lowest BCUT2D eigenvalue weighted by Crippen LogP contribution is -2.21. The number of para-hydroxylation sites is 1. The van der Waals surface area contributed by atoms with E-state index in [0.29, 0.717) is 12.2 Å². The van der Waals surface area contributed by atoms with Crippen LogP contribution in [0.15, 0.2) is 30.6 Å². The molecule has 3 rings (SSSR count). The summed E-state index contributed by atoms with van der Waals surface area (Å²) in [4.78, 5) is 11.8. The molecule has 1 amide bonds. The molecule has 2 aromatic rings. The van der Waals surface area contributed by atoms with Crippen molar-refractivity contribution in [2.24, 2.45) is 0 Å². The second-order valence-electron chi connectivity index (χ2n) is 6.71. The number of hydrogen-bond acceptors (Lipinski definition) is 3. The SMILES string of the molecule is C[C@@H]1CC(=O)Nc2cccc(-c3cnn(C(C)(C)C)c3)c2O1. The third-order valence-electron chi connectivity index (χ3n) is 3.66. The number of hydrogen-bond donors (Lipinski definition) is 1. The summed E-state index contributed by atoms with van der Waals surface area (Å²) in [5.74, 6) is 0.697. The Bertz CT molecular complexity index is 713. The smallest absolute Gasteiger partial charge is 0.228 e. The number of aromatic nitrogens is 2. The molecule has 0 aliphatic carbocycles. The van der Waals surface area contributed by atoms with Gasteiger partial charge in [0.05, 0.1) is 23.8 Å². The molecule has 1 aromatic heterocycles. The fraction of sp³-hybridized carbons (Fsp3) is 0.412. The Labute approximate surface area is 130 Å². The Hall–Kier alpha value is -2.30. The Morgan fingerprint density at radius 2 is 2.14 bits per heavy atom. The van der Waals surface area contributed by atoms with Gasteiger partial charge < -0.3 is 10.1 Å². The molecule has 0 radical (unpaired) electrons. The van der Waals surface area contributed by atoms with Gasteiger partial charge in [-0.05, 0) is 33.8 Å². The number of fused-ring (bicyclic) bond motifs is 1. The third kappa shape index (κ3) is 2.71. The van der Waals surface area contributed by atoms with Gasteiger partial charge in [0, 0.05) is 17.3 Å². The van der Waals surface area contributed by atoms with Crippen molar-refractivity contribution >= 4 is 11.6 Å². The first-order valence-corrected chi connectivity index (χ1v) is 7.49. The summed E-state index contributed by atoms with van der Waals surface area (Å²) in [5, 5.41) is 7.35. The molecule has 1 aromatic carbocycles. The third-order valence-corrected chi connectivity index (χ3v) is 3.66. The highest BCUT2D eigenvalue weighted by Gasteiger charge is 2.23. The molecule has 0 saturated carbocycles. The second-order valence-corrected chi connectivity index (χ2v) is 6.71. The van der Waals surface area contributed by atoms with Gasteiger partial charge in [-0.25, -0.2) is 0 Å². The molecule has 0 saturated heterocycles. The highest BCUT2D eigenvalue weighted by Crippen LogP contribution is 2.39. The van der Waals surface area contributed by atoms with Crippen LogP contribution in [0, 0.1) is 0 Å². The van der Waals surface area contributed by atoms with Crippen molar-refractivity contribution in [1.29, 1.82) is 0 Å². The molecular formula is C17H21N3O2. The first kappa shape index (κ1) is 14.6. The molecule has 5 nitrogen and oxygen atoms in total. The molecule has 0 bridgehead atoms. The lowest BCUT2D eigenvalue weighted by atomic mass is 10.1. The first-order chi connectivity index (χ1) is 10.3. The van der Waals surface area contributed by atoms with Crippen LogP contribution in [0.25, 0.3) is 11.1 Å². The van der Waals surface area contributed by atoms with Crippen LogP contribution in [-0.2, 0) is 10.3 Å². The maximum absolute atomic E-state index is 11.8. The summed E-state index contributed by atoms with van der Waals surface area (Å²) in [6, 6.07) is 5.78. The van der Waals surface area contributed by atoms with Gasteiger partial charge in [0.15, 0.2) is 5.75 Å². The normalized spacial score (nSPS) is 18.2. The van der Waals surface area contributed by atoms with E-state index in [0.717, 1.165) is 16.8 Å². The van der Waals surface area contributed by atoms with E-state index in [1.165, 1.54) is 0 Å². The number of benzene rings is 1. The van der Waals surface area contributed by atoms with Crippen LogP contribution in [0.4, 0.5) is 5.69 Å². The number of nitrogens with zero attached hydrogens (tertiary/aromatic N) is 2. The molecule has 2 heterocycles. The van der Waals surface area contributed by atoms with Crippen LogP contribution >= 0.6 is 0 Å². The van der Waals surface area contributed by atoms with E-state index < -0.39 is 0 Å². The molecular weight excluding hydrogens is 278 g/mol. The minimum atomic E-state index is -0.153.